The van der Waals surface area contributed by atoms with Crippen molar-refractivity contribution in [2.45, 2.75) is 6.42 Å². The standard InChI is InChI=1S/C15H11Br2FO2/c1-20-14-6-5-10(16)7-9(14)8-13(19)11-3-2-4-12(17)15(11)18/h2-7H,8H2,1H3. The van der Waals surface area contributed by atoms with Crippen molar-refractivity contribution in [3.63, 3.8) is 0 Å². The van der Waals surface area contributed by atoms with Crippen molar-refractivity contribution in [2.75, 3.05) is 7.11 Å². The zero-order valence-electron chi connectivity index (χ0n) is 10.6. The first-order valence-electron chi connectivity index (χ1n) is 5.82. The molecular formula is C15H11Br2FO2. The molecule has 0 fully saturated rings. The summed E-state index contributed by atoms with van der Waals surface area (Å²) in [5.41, 5.74) is 0.785. The quantitative estimate of drug-likeness (QED) is 0.688. The van der Waals surface area contributed by atoms with Crippen LogP contribution in [0.2, 0.25) is 0 Å². The predicted molar refractivity (Wildman–Crippen MR) is 82.8 cm³/mol. The van der Waals surface area contributed by atoms with Gasteiger partial charge in [-0.1, -0.05) is 22.0 Å². The molecule has 2 nitrogen and oxygen atoms in total. The SMILES string of the molecule is COc1ccc(Br)cc1CC(=O)c1cccc(Br)c1F. The number of carbonyl (C=O) groups excluding carboxylic acids is 1. The Morgan fingerprint density at radius 1 is 1.25 bits per heavy atom. The number of methoxy groups -OCH3 is 1. The molecule has 0 saturated carbocycles. The highest BCUT2D eigenvalue weighted by molar-refractivity contribution is 9.10. The van der Waals surface area contributed by atoms with E-state index in [0.29, 0.717) is 11.3 Å². The summed E-state index contributed by atoms with van der Waals surface area (Å²) in [7, 11) is 1.54. The molecule has 5 heteroatoms. The molecule has 0 aliphatic rings. The van der Waals surface area contributed by atoms with Gasteiger partial charge in [0.25, 0.3) is 0 Å². The summed E-state index contributed by atoms with van der Waals surface area (Å²) in [6, 6.07) is 10.1. The third-order valence-electron chi connectivity index (χ3n) is 2.85. The Kier molecular flexibility index (Phi) is 4.94. The predicted octanol–water partition coefficient (Wildman–Crippen LogP) is 4.78. The van der Waals surface area contributed by atoms with Gasteiger partial charge in [-0.25, -0.2) is 4.39 Å². The first-order chi connectivity index (χ1) is 9.52. The van der Waals surface area contributed by atoms with E-state index < -0.39 is 5.82 Å². The van der Waals surface area contributed by atoms with Crippen molar-refractivity contribution in [3.05, 3.63) is 62.3 Å². The molecule has 0 amide bonds. The third-order valence-corrected chi connectivity index (χ3v) is 3.95. The number of carbonyl (C=O) groups is 1. The van der Waals surface area contributed by atoms with E-state index in [1.807, 2.05) is 6.07 Å². The van der Waals surface area contributed by atoms with Gasteiger partial charge in [0.05, 0.1) is 17.1 Å². The Labute approximate surface area is 133 Å². The zero-order valence-corrected chi connectivity index (χ0v) is 13.8. The largest absolute Gasteiger partial charge is 0.496 e. The van der Waals surface area contributed by atoms with Crippen molar-refractivity contribution < 1.29 is 13.9 Å². The van der Waals surface area contributed by atoms with Crippen LogP contribution >= 0.6 is 31.9 Å². The first-order valence-corrected chi connectivity index (χ1v) is 7.41. The van der Waals surface area contributed by atoms with Gasteiger partial charge in [-0.2, -0.15) is 0 Å². The summed E-state index contributed by atoms with van der Waals surface area (Å²) in [5, 5.41) is 0. The summed E-state index contributed by atoms with van der Waals surface area (Å²) in [6.45, 7) is 0. The lowest BCUT2D eigenvalue weighted by atomic mass is 10.0. The number of Topliss-reactive ketones (excluding diaryl/α,β-unsaturated/α-hetero) is 1. The van der Waals surface area contributed by atoms with Gasteiger partial charge in [-0.3, -0.25) is 4.79 Å². The second-order valence-electron chi connectivity index (χ2n) is 4.16. The summed E-state index contributed by atoms with van der Waals surface area (Å²) >= 11 is 6.43. The van der Waals surface area contributed by atoms with E-state index >= 15 is 0 Å². The highest BCUT2D eigenvalue weighted by atomic mass is 79.9. The van der Waals surface area contributed by atoms with Crippen molar-refractivity contribution >= 4 is 37.6 Å². The molecule has 20 heavy (non-hydrogen) atoms. The zero-order chi connectivity index (χ0) is 14.7. The van der Waals surface area contributed by atoms with Gasteiger partial charge in [-0.15, -0.1) is 0 Å². The molecule has 0 N–H and O–H groups in total. The normalized spacial score (nSPS) is 10.4. The average molecular weight is 402 g/mol. The molecule has 2 rings (SSSR count). The van der Waals surface area contributed by atoms with E-state index in [1.165, 1.54) is 13.2 Å². The molecule has 0 atom stereocenters. The average Bonchev–Trinajstić information content (AvgIpc) is 2.42. The van der Waals surface area contributed by atoms with Crippen LogP contribution in [0.3, 0.4) is 0 Å². The fraction of sp³-hybridized carbons (Fsp3) is 0.133. The summed E-state index contributed by atoms with van der Waals surface area (Å²) in [5.74, 6) is -0.219. The van der Waals surface area contributed by atoms with Crippen molar-refractivity contribution in [2.24, 2.45) is 0 Å². The maximum absolute atomic E-state index is 13.9. The van der Waals surface area contributed by atoms with Crippen LogP contribution in [0.25, 0.3) is 0 Å². The van der Waals surface area contributed by atoms with Gasteiger partial charge in [0.2, 0.25) is 0 Å². The van der Waals surface area contributed by atoms with Crippen LogP contribution in [0.15, 0.2) is 45.3 Å². The minimum absolute atomic E-state index is 0.0707. The Morgan fingerprint density at radius 2 is 2.00 bits per heavy atom. The minimum atomic E-state index is -0.536. The smallest absolute Gasteiger partial charge is 0.170 e. The van der Waals surface area contributed by atoms with Crippen LogP contribution in [0.1, 0.15) is 15.9 Å². The topological polar surface area (TPSA) is 26.3 Å². The van der Waals surface area contributed by atoms with E-state index in [9.17, 15) is 9.18 Å². The Morgan fingerprint density at radius 3 is 2.70 bits per heavy atom. The van der Waals surface area contributed by atoms with E-state index in [-0.39, 0.29) is 22.2 Å². The molecular weight excluding hydrogens is 391 g/mol. The van der Waals surface area contributed by atoms with E-state index in [0.717, 1.165) is 4.47 Å². The Hall–Kier alpha value is -1.20. The highest BCUT2D eigenvalue weighted by Crippen LogP contribution is 2.26. The summed E-state index contributed by atoms with van der Waals surface area (Å²) in [4.78, 5) is 12.2. The van der Waals surface area contributed by atoms with Crippen LogP contribution in [-0.4, -0.2) is 12.9 Å². The van der Waals surface area contributed by atoms with Gasteiger partial charge in [0.1, 0.15) is 11.6 Å². The fourth-order valence-corrected chi connectivity index (χ4v) is 2.65. The van der Waals surface area contributed by atoms with Gasteiger partial charge in [-0.05, 0) is 46.3 Å². The number of rotatable bonds is 4. The molecule has 0 bridgehead atoms. The molecule has 0 aliphatic carbocycles. The first kappa shape index (κ1) is 15.2. The Balaban J connectivity index is 2.32. The molecule has 0 saturated heterocycles. The van der Waals surface area contributed by atoms with E-state index in [2.05, 4.69) is 31.9 Å². The summed E-state index contributed by atoms with van der Waals surface area (Å²) in [6.07, 6.45) is 0.0794. The molecule has 0 unspecified atom stereocenters. The van der Waals surface area contributed by atoms with Gasteiger partial charge in [0.15, 0.2) is 5.78 Å². The van der Waals surface area contributed by atoms with Crippen molar-refractivity contribution in [3.8, 4) is 5.75 Å². The second kappa shape index (κ2) is 6.50. The third kappa shape index (κ3) is 3.27. The second-order valence-corrected chi connectivity index (χ2v) is 5.93. The van der Waals surface area contributed by atoms with Crippen LogP contribution in [0.4, 0.5) is 4.39 Å². The lowest BCUT2D eigenvalue weighted by Gasteiger charge is -2.09. The lowest BCUT2D eigenvalue weighted by Crippen LogP contribution is -2.07. The van der Waals surface area contributed by atoms with Crippen LogP contribution in [-0.2, 0) is 6.42 Å². The highest BCUT2D eigenvalue weighted by Gasteiger charge is 2.16. The number of hydrogen-bond acceptors (Lipinski definition) is 2. The van der Waals surface area contributed by atoms with Crippen LogP contribution < -0.4 is 4.74 Å². The number of ketones is 1. The fourth-order valence-electron chi connectivity index (χ4n) is 1.87. The molecule has 0 aromatic heterocycles. The van der Waals surface area contributed by atoms with Gasteiger partial charge < -0.3 is 4.74 Å². The molecule has 0 heterocycles. The molecule has 2 aromatic carbocycles. The summed E-state index contributed by atoms with van der Waals surface area (Å²) < 4.78 is 20.2. The van der Waals surface area contributed by atoms with Crippen LogP contribution in [0, 0.1) is 5.82 Å². The minimum Gasteiger partial charge on any atom is -0.496 e. The number of halogens is 3. The molecule has 0 aliphatic heterocycles. The maximum Gasteiger partial charge on any atom is 0.170 e. The Bertz CT molecular complexity index is 656. The number of hydrogen-bond donors (Lipinski definition) is 0. The molecule has 0 radical (unpaired) electrons. The van der Waals surface area contributed by atoms with Gasteiger partial charge >= 0.3 is 0 Å². The van der Waals surface area contributed by atoms with E-state index in [4.69, 9.17) is 4.74 Å². The molecule has 0 spiro atoms. The van der Waals surface area contributed by atoms with Crippen LogP contribution in [0.5, 0.6) is 5.75 Å². The maximum atomic E-state index is 13.9. The lowest BCUT2D eigenvalue weighted by molar-refractivity contribution is 0.0988. The van der Waals surface area contributed by atoms with E-state index in [1.54, 1.807) is 24.3 Å². The molecule has 2 aromatic rings. The van der Waals surface area contributed by atoms with Crippen molar-refractivity contribution in [1.29, 1.82) is 0 Å². The van der Waals surface area contributed by atoms with Crippen molar-refractivity contribution in [1.82, 2.24) is 0 Å². The number of benzene rings is 2. The van der Waals surface area contributed by atoms with Gasteiger partial charge in [0, 0.05) is 16.5 Å². The number of ether oxygens (including phenoxy) is 1. The molecule has 104 valence electrons. The monoisotopic (exact) mass is 400 g/mol.